The molecule has 1 atom stereocenters. The van der Waals surface area contributed by atoms with E-state index in [1.807, 2.05) is 0 Å². The zero-order chi connectivity index (χ0) is 13.8. The highest BCUT2D eigenvalue weighted by Crippen LogP contribution is 2.25. The van der Waals surface area contributed by atoms with Crippen LogP contribution in [0.25, 0.3) is 0 Å². The number of aryl methyl sites for hydroxylation is 1. The van der Waals surface area contributed by atoms with E-state index in [0.717, 1.165) is 13.2 Å². The Hall–Kier alpha value is -1.06. The van der Waals surface area contributed by atoms with E-state index in [-0.39, 0.29) is 0 Å². The highest BCUT2D eigenvalue weighted by Gasteiger charge is 2.26. The quantitative estimate of drug-likeness (QED) is 0.917. The molecule has 0 aliphatic carbocycles. The summed E-state index contributed by atoms with van der Waals surface area (Å²) in [7, 11) is 0. The third kappa shape index (κ3) is 3.15. The van der Waals surface area contributed by atoms with Gasteiger partial charge in [-0.05, 0) is 44.2 Å². The van der Waals surface area contributed by atoms with E-state index in [0.29, 0.717) is 12.1 Å². The zero-order valence-corrected chi connectivity index (χ0v) is 12.5. The molecule has 0 amide bonds. The predicted octanol–water partition coefficient (Wildman–Crippen LogP) is 2.91. The number of ether oxygens (including phenoxy) is 1. The van der Waals surface area contributed by atoms with Crippen molar-refractivity contribution < 1.29 is 4.74 Å². The number of nitrogens with one attached hydrogen (secondary N) is 1. The number of nitrogens with zero attached hydrogens (tertiary/aromatic N) is 1. The summed E-state index contributed by atoms with van der Waals surface area (Å²) < 4.78 is 5.75. The normalized spacial score (nSPS) is 24.8. The Morgan fingerprint density at radius 2 is 2.00 bits per heavy atom. The summed E-state index contributed by atoms with van der Waals surface area (Å²) in [5.74, 6) is 0. The van der Waals surface area contributed by atoms with Gasteiger partial charge in [0.2, 0.25) is 0 Å². The van der Waals surface area contributed by atoms with E-state index in [2.05, 4.69) is 41.4 Å². The lowest BCUT2D eigenvalue weighted by Gasteiger charge is -2.37. The Bertz CT molecular complexity index is 400. The molecule has 2 heterocycles. The van der Waals surface area contributed by atoms with Gasteiger partial charge in [0.15, 0.2) is 0 Å². The number of fused-ring (bicyclic) bond motifs is 1. The molecule has 1 unspecified atom stereocenters. The molecule has 0 radical (unpaired) electrons. The van der Waals surface area contributed by atoms with Crippen LogP contribution in [-0.2, 0) is 11.2 Å². The molecular weight excluding hydrogens is 248 g/mol. The molecule has 0 aromatic heterocycles. The summed E-state index contributed by atoms with van der Waals surface area (Å²) >= 11 is 0. The number of hydrogen-bond donors (Lipinski definition) is 1. The minimum atomic E-state index is 0.493. The third-order valence-electron chi connectivity index (χ3n) is 4.69. The first kappa shape index (κ1) is 13.9. The van der Waals surface area contributed by atoms with E-state index in [9.17, 15) is 0 Å². The Morgan fingerprint density at radius 1 is 1.20 bits per heavy atom. The molecule has 1 fully saturated rings. The number of para-hydroxylation sites is 1. The van der Waals surface area contributed by atoms with Crippen molar-refractivity contribution in [1.82, 2.24) is 4.90 Å². The summed E-state index contributed by atoms with van der Waals surface area (Å²) in [6.07, 6.45) is 5.34. The maximum absolute atomic E-state index is 5.75. The average Bonchev–Trinajstić information content (AvgIpc) is 2.71. The van der Waals surface area contributed by atoms with Crippen LogP contribution < -0.4 is 5.32 Å². The van der Waals surface area contributed by atoms with Crippen LogP contribution in [0.3, 0.4) is 0 Å². The molecule has 0 spiro atoms. The van der Waals surface area contributed by atoms with Gasteiger partial charge < -0.3 is 10.1 Å². The van der Waals surface area contributed by atoms with Crippen LogP contribution in [0.4, 0.5) is 5.69 Å². The lowest BCUT2D eigenvalue weighted by atomic mass is 10.0. The number of piperidine rings is 1. The summed E-state index contributed by atoms with van der Waals surface area (Å²) in [6.45, 7) is 6.40. The smallest absolute Gasteiger partial charge is 0.0599 e. The Morgan fingerprint density at radius 3 is 2.80 bits per heavy atom. The van der Waals surface area contributed by atoms with Crippen LogP contribution in [0.5, 0.6) is 0 Å². The molecule has 0 saturated carbocycles. The van der Waals surface area contributed by atoms with E-state index < -0.39 is 0 Å². The lowest BCUT2D eigenvalue weighted by molar-refractivity contribution is 0.00459. The molecule has 110 valence electrons. The number of anilines is 1. The van der Waals surface area contributed by atoms with Crippen molar-refractivity contribution in [3.63, 3.8) is 0 Å². The SMILES string of the molecule is CCOC1CCN(C2CCc3ccccc3NC2)CC1. The van der Waals surface area contributed by atoms with Crippen molar-refractivity contribution in [2.75, 3.05) is 31.6 Å². The van der Waals surface area contributed by atoms with E-state index in [1.165, 1.54) is 50.0 Å². The molecule has 3 rings (SSSR count). The van der Waals surface area contributed by atoms with Crippen LogP contribution in [-0.4, -0.2) is 43.3 Å². The van der Waals surface area contributed by atoms with Crippen molar-refractivity contribution in [1.29, 1.82) is 0 Å². The van der Waals surface area contributed by atoms with E-state index in [4.69, 9.17) is 4.74 Å². The molecular formula is C17H26N2O. The summed E-state index contributed by atoms with van der Waals surface area (Å²) in [5, 5.41) is 3.64. The fourth-order valence-electron chi connectivity index (χ4n) is 3.52. The second-order valence-corrected chi connectivity index (χ2v) is 5.92. The van der Waals surface area contributed by atoms with Gasteiger partial charge >= 0.3 is 0 Å². The van der Waals surface area contributed by atoms with Gasteiger partial charge in [0.05, 0.1) is 6.10 Å². The molecule has 2 aliphatic heterocycles. The fraction of sp³-hybridized carbons (Fsp3) is 0.647. The fourth-order valence-corrected chi connectivity index (χ4v) is 3.52. The van der Waals surface area contributed by atoms with Gasteiger partial charge in [-0.25, -0.2) is 0 Å². The zero-order valence-electron chi connectivity index (χ0n) is 12.5. The van der Waals surface area contributed by atoms with Gasteiger partial charge in [0.25, 0.3) is 0 Å². The average molecular weight is 274 g/mol. The van der Waals surface area contributed by atoms with Crippen LogP contribution in [0.1, 0.15) is 31.7 Å². The molecule has 3 nitrogen and oxygen atoms in total. The Balaban J connectivity index is 1.55. The highest BCUT2D eigenvalue weighted by atomic mass is 16.5. The van der Waals surface area contributed by atoms with E-state index in [1.54, 1.807) is 0 Å². The summed E-state index contributed by atoms with van der Waals surface area (Å²) in [5.41, 5.74) is 2.80. The van der Waals surface area contributed by atoms with Gasteiger partial charge in [-0.1, -0.05) is 18.2 Å². The van der Waals surface area contributed by atoms with Gasteiger partial charge in [0, 0.05) is 38.0 Å². The minimum Gasteiger partial charge on any atom is -0.383 e. The number of rotatable bonds is 3. The molecule has 20 heavy (non-hydrogen) atoms. The maximum atomic E-state index is 5.75. The molecule has 0 bridgehead atoms. The van der Waals surface area contributed by atoms with Crippen LogP contribution in [0, 0.1) is 0 Å². The van der Waals surface area contributed by atoms with Crippen molar-refractivity contribution in [3.8, 4) is 0 Å². The van der Waals surface area contributed by atoms with Gasteiger partial charge in [-0.2, -0.15) is 0 Å². The van der Waals surface area contributed by atoms with Crippen molar-refractivity contribution in [2.24, 2.45) is 0 Å². The topological polar surface area (TPSA) is 24.5 Å². The third-order valence-corrected chi connectivity index (χ3v) is 4.69. The van der Waals surface area contributed by atoms with Crippen LogP contribution >= 0.6 is 0 Å². The first-order chi connectivity index (χ1) is 9.86. The van der Waals surface area contributed by atoms with Gasteiger partial charge in [-0.3, -0.25) is 4.90 Å². The van der Waals surface area contributed by atoms with Gasteiger partial charge in [-0.15, -0.1) is 0 Å². The van der Waals surface area contributed by atoms with Crippen molar-refractivity contribution in [3.05, 3.63) is 29.8 Å². The molecule has 3 heteroatoms. The standard InChI is InChI=1S/C17H26N2O/c1-2-20-16-9-11-19(12-10-16)15-8-7-14-5-3-4-6-17(14)18-13-15/h3-6,15-16,18H,2,7-13H2,1H3. The lowest BCUT2D eigenvalue weighted by Crippen LogP contribution is -2.46. The molecule has 1 aromatic carbocycles. The second-order valence-electron chi connectivity index (χ2n) is 5.92. The maximum Gasteiger partial charge on any atom is 0.0599 e. The monoisotopic (exact) mass is 274 g/mol. The first-order valence-electron chi connectivity index (χ1n) is 8.04. The Labute approximate surface area is 122 Å². The molecule has 2 aliphatic rings. The largest absolute Gasteiger partial charge is 0.383 e. The Kier molecular flexibility index (Phi) is 4.58. The number of benzene rings is 1. The van der Waals surface area contributed by atoms with Crippen molar-refractivity contribution >= 4 is 5.69 Å². The molecule has 1 saturated heterocycles. The van der Waals surface area contributed by atoms with E-state index >= 15 is 0 Å². The first-order valence-corrected chi connectivity index (χ1v) is 8.04. The number of likely N-dealkylation sites (tertiary alicyclic amines) is 1. The summed E-state index contributed by atoms with van der Waals surface area (Å²) in [6, 6.07) is 9.41. The molecule has 1 aromatic rings. The summed E-state index contributed by atoms with van der Waals surface area (Å²) in [4.78, 5) is 2.66. The van der Waals surface area contributed by atoms with Crippen LogP contribution in [0.2, 0.25) is 0 Å². The van der Waals surface area contributed by atoms with Gasteiger partial charge in [0.1, 0.15) is 0 Å². The second kappa shape index (κ2) is 6.59. The number of hydrogen-bond acceptors (Lipinski definition) is 3. The predicted molar refractivity (Wildman–Crippen MR) is 83.3 cm³/mol. The molecule has 1 N–H and O–H groups in total. The van der Waals surface area contributed by atoms with Crippen LogP contribution in [0.15, 0.2) is 24.3 Å². The van der Waals surface area contributed by atoms with Crippen molar-refractivity contribution in [2.45, 2.75) is 44.8 Å². The highest BCUT2D eigenvalue weighted by molar-refractivity contribution is 5.52. The minimum absolute atomic E-state index is 0.493.